The van der Waals surface area contributed by atoms with Crippen molar-refractivity contribution >= 4 is 32.3 Å². The van der Waals surface area contributed by atoms with E-state index in [-0.39, 0.29) is 0 Å². The molecule has 0 radical (unpaired) electrons. The van der Waals surface area contributed by atoms with Gasteiger partial charge in [-0.2, -0.15) is 0 Å². The first kappa shape index (κ1) is 24.1. The van der Waals surface area contributed by atoms with Crippen molar-refractivity contribution in [3.8, 4) is 45.3 Å². The number of pyridine rings is 1. The van der Waals surface area contributed by atoms with Crippen LogP contribution in [0.3, 0.4) is 0 Å². The van der Waals surface area contributed by atoms with Crippen LogP contribution in [0.2, 0.25) is 0 Å². The Labute approximate surface area is 243 Å². The average Bonchev–Trinajstić information content (AvgIpc) is 3.08. The summed E-state index contributed by atoms with van der Waals surface area (Å²) in [5.74, 6) is 1.96. The monoisotopic (exact) mass is 536 g/mol. The molecule has 6 aromatic carbocycles. The van der Waals surface area contributed by atoms with E-state index < -0.39 is 0 Å². The molecule has 8 rings (SSSR count). The largest absolute Gasteiger partial charge is 0.264 e. The van der Waals surface area contributed by atoms with Crippen LogP contribution in [-0.2, 0) is 0 Å². The van der Waals surface area contributed by atoms with Gasteiger partial charge in [-0.05, 0) is 50.2 Å². The van der Waals surface area contributed by atoms with Gasteiger partial charge in [0.1, 0.15) is 0 Å². The fourth-order valence-corrected chi connectivity index (χ4v) is 5.78. The van der Waals surface area contributed by atoms with Crippen LogP contribution in [0.15, 0.2) is 146 Å². The first-order valence-corrected chi connectivity index (χ1v) is 14.0. The molecular formula is C38H24N4. The van der Waals surface area contributed by atoms with Gasteiger partial charge >= 0.3 is 0 Å². The lowest BCUT2D eigenvalue weighted by atomic mass is 9.91. The Morgan fingerprint density at radius 1 is 0.381 bits per heavy atom. The van der Waals surface area contributed by atoms with Crippen molar-refractivity contribution in [1.29, 1.82) is 0 Å². The third-order valence-corrected chi connectivity index (χ3v) is 7.79. The highest BCUT2D eigenvalue weighted by Crippen LogP contribution is 2.38. The zero-order chi connectivity index (χ0) is 27.9. The zero-order valence-corrected chi connectivity index (χ0v) is 22.6. The minimum Gasteiger partial charge on any atom is -0.264 e. The van der Waals surface area contributed by atoms with Gasteiger partial charge < -0.3 is 0 Å². The molecule has 8 aromatic rings. The molecule has 0 bridgehead atoms. The Bertz CT molecular complexity index is 2190. The lowest BCUT2D eigenvalue weighted by Gasteiger charge is -2.13. The molecule has 0 aliphatic rings. The lowest BCUT2D eigenvalue weighted by molar-refractivity contribution is 1.07. The van der Waals surface area contributed by atoms with Crippen molar-refractivity contribution in [3.05, 3.63) is 146 Å². The second-order valence-electron chi connectivity index (χ2n) is 10.3. The Kier molecular flexibility index (Phi) is 5.75. The van der Waals surface area contributed by atoms with Crippen molar-refractivity contribution < 1.29 is 0 Å². The number of rotatable bonds is 4. The Morgan fingerprint density at radius 2 is 0.976 bits per heavy atom. The van der Waals surface area contributed by atoms with E-state index in [0.29, 0.717) is 17.5 Å². The highest BCUT2D eigenvalue weighted by Gasteiger charge is 2.14. The van der Waals surface area contributed by atoms with E-state index in [0.717, 1.165) is 27.6 Å². The first-order chi connectivity index (χ1) is 20.8. The maximum absolute atomic E-state index is 4.95. The number of nitrogens with zero attached hydrogens (tertiary/aromatic N) is 4. The Hall–Kier alpha value is -5.74. The highest BCUT2D eigenvalue weighted by atomic mass is 15.0. The topological polar surface area (TPSA) is 51.6 Å². The van der Waals surface area contributed by atoms with Crippen molar-refractivity contribution in [1.82, 2.24) is 19.9 Å². The van der Waals surface area contributed by atoms with Gasteiger partial charge in [0.25, 0.3) is 0 Å². The molecule has 0 spiro atoms. The summed E-state index contributed by atoms with van der Waals surface area (Å²) in [7, 11) is 0. The fourth-order valence-electron chi connectivity index (χ4n) is 5.78. The molecule has 0 amide bonds. The van der Waals surface area contributed by atoms with Crippen LogP contribution in [0.5, 0.6) is 0 Å². The molecule has 0 saturated heterocycles. The van der Waals surface area contributed by atoms with E-state index in [1.807, 2.05) is 73.1 Å². The quantitative estimate of drug-likeness (QED) is 0.210. The maximum Gasteiger partial charge on any atom is 0.164 e. The first-order valence-electron chi connectivity index (χ1n) is 14.0. The molecule has 0 N–H and O–H groups in total. The Morgan fingerprint density at radius 3 is 1.71 bits per heavy atom. The molecule has 42 heavy (non-hydrogen) atoms. The van der Waals surface area contributed by atoms with Crippen LogP contribution in [0.1, 0.15) is 0 Å². The lowest BCUT2D eigenvalue weighted by Crippen LogP contribution is -2.00. The normalized spacial score (nSPS) is 11.3. The van der Waals surface area contributed by atoms with E-state index in [1.165, 1.54) is 32.5 Å². The van der Waals surface area contributed by atoms with Gasteiger partial charge in [-0.1, -0.05) is 121 Å². The molecule has 196 valence electrons. The minimum atomic E-state index is 0.646. The zero-order valence-electron chi connectivity index (χ0n) is 22.6. The number of hydrogen-bond donors (Lipinski definition) is 0. The van der Waals surface area contributed by atoms with Crippen molar-refractivity contribution in [2.75, 3.05) is 0 Å². The van der Waals surface area contributed by atoms with E-state index in [9.17, 15) is 0 Å². The van der Waals surface area contributed by atoms with E-state index in [2.05, 4.69) is 77.8 Å². The van der Waals surface area contributed by atoms with Gasteiger partial charge in [0, 0.05) is 34.5 Å². The third kappa shape index (κ3) is 4.18. The van der Waals surface area contributed by atoms with Crippen molar-refractivity contribution in [3.63, 3.8) is 0 Å². The van der Waals surface area contributed by atoms with Gasteiger partial charge in [0.15, 0.2) is 17.5 Å². The van der Waals surface area contributed by atoms with Crippen LogP contribution in [0.4, 0.5) is 0 Å². The second-order valence-corrected chi connectivity index (χ2v) is 10.3. The molecule has 0 atom stereocenters. The molecule has 2 aromatic heterocycles. The smallest absolute Gasteiger partial charge is 0.164 e. The van der Waals surface area contributed by atoms with E-state index in [1.54, 1.807) is 0 Å². The Balaban J connectivity index is 1.33. The number of fused-ring (bicyclic) bond motifs is 5. The van der Waals surface area contributed by atoms with Gasteiger partial charge in [-0.25, -0.2) is 15.0 Å². The molecule has 0 unspecified atom stereocenters. The molecule has 0 saturated carbocycles. The molecular weight excluding hydrogens is 512 g/mol. The van der Waals surface area contributed by atoms with E-state index >= 15 is 0 Å². The molecule has 0 aliphatic heterocycles. The number of aromatic nitrogens is 4. The van der Waals surface area contributed by atoms with Crippen LogP contribution >= 0.6 is 0 Å². The predicted octanol–water partition coefficient (Wildman–Crippen LogP) is 9.39. The summed E-state index contributed by atoms with van der Waals surface area (Å²) < 4.78 is 0. The van der Waals surface area contributed by atoms with Gasteiger partial charge in [-0.15, -0.1) is 0 Å². The fraction of sp³-hybridized carbons (Fsp3) is 0. The molecule has 4 nitrogen and oxygen atoms in total. The van der Waals surface area contributed by atoms with Gasteiger partial charge in [0.2, 0.25) is 0 Å². The molecule has 0 aliphatic carbocycles. The summed E-state index contributed by atoms with van der Waals surface area (Å²) in [6, 6.07) is 46.1. The molecule has 2 heterocycles. The highest BCUT2D eigenvalue weighted by molar-refractivity contribution is 6.20. The summed E-state index contributed by atoms with van der Waals surface area (Å²) >= 11 is 0. The molecule has 0 fully saturated rings. The third-order valence-electron chi connectivity index (χ3n) is 7.79. The van der Waals surface area contributed by atoms with Gasteiger partial charge in [0.05, 0.1) is 0 Å². The predicted molar refractivity (Wildman–Crippen MR) is 172 cm³/mol. The SMILES string of the molecule is c1ccc(-c2nc(-c3ccccc3)nc(-c3cccc(-c4cccc5ccc6c7ccncc7ccc6c45)c3)n2)cc1. The van der Waals surface area contributed by atoms with E-state index in [4.69, 9.17) is 15.0 Å². The second kappa shape index (κ2) is 10.0. The van der Waals surface area contributed by atoms with Crippen LogP contribution in [0.25, 0.3) is 77.6 Å². The summed E-state index contributed by atoms with van der Waals surface area (Å²) in [5, 5.41) is 7.24. The standard InChI is InChI=1S/C38H24N4/c1-3-9-26(10-4-1)36-40-37(27-11-5-2-6-12-27)42-38(41-36)29-15-7-14-28(23-29)32-16-8-13-25-17-19-33-31-21-22-39-24-30(31)18-20-34(33)35(25)32/h1-24H. The number of hydrogen-bond acceptors (Lipinski definition) is 4. The van der Waals surface area contributed by atoms with Crippen LogP contribution in [0, 0.1) is 0 Å². The van der Waals surface area contributed by atoms with Crippen molar-refractivity contribution in [2.45, 2.75) is 0 Å². The minimum absolute atomic E-state index is 0.646. The summed E-state index contributed by atoms with van der Waals surface area (Å²) in [6.45, 7) is 0. The maximum atomic E-state index is 4.95. The summed E-state index contributed by atoms with van der Waals surface area (Å²) in [6.07, 6.45) is 3.79. The average molecular weight is 537 g/mol. The van der Waals surface area contributed by atoms with Crippen molar-refractivity contribution in [2.24, 2.45) is 0 Å². The van der Waals surface area contributed by atoms with Crippen LogP contribution < -0.4 is 0 Å². The number of benzene rings is 6. The van der Waals surface area contributed by atoms with Crippen LogP contribution in [-0.4, -0.2) is 19.9 Å². The summed E-state index contributed by atoms with van der Waals surface area (Å²) in [4.78, 5) is 19.1. The molecule has 4 heteroatoms. The van der Waals surface area contributed by atoms with Gasteiger partial charge in [-0.3, -0.25) is 4.98 Å². The summed E-state index contributed by atoms with van der Waals surface area (Å²) in [5.41, 5.74) is 5.14.